The molecular formula is C31H37N5O6S. The van der Waals surface area contributed by atoms with Gasteiger partial charge in [-0.3, -0.25) is 24.7 Å². The smallest absolute Gasteiger partial charge is 0.326 e. The fourth-order valence-corrected chi connectivity index (χ4v) is 5.81. The Labute approximate surface area is 251 Å². The Balaban J connectivity index is 1.38. The van der Waals surface area contributed by atoms with Crippen molar-refractivity contribution < 1.29 is 27.5 Å². The summed E-state index contributed by atoms with van der Waals surface area (Å²) in [6, 6.07) is 17.3. The molecule has 1 aliphatic rings. The van der Waals surface area contributed by atoms with Crippen molar-refractivity contribution in [2.45, 2.75) is 44.0 Å². The molecule has 0 aromatic heterocycles. The minimum Gasteiger partial charge on any atom is -0.464 e. The van der Waals surface area contributed by atoms with Crippen LogP contribution in [0.1, 0.15) is 42.6 Å². The zero-order chi connectivity index (χ0) is 30.8. The van der Waals surface area contributed by atoms with E-state index in [9.17, 15) is 22.8 Å². The molecule has 3 aromatic carbocycles. The third kappa shape index (κ3) is 9.10. The first kappa shape index (κ1) is 31.6. The highest BCUT2D eigenvalue weighted by Gasteiger charge is 2.29. The van der Waals surface area contributed by atoms with E-state index in [2.05, 4.69) is 25.7 Å². The molecule has 1 atom stereocenters. The zero-order valence-electron chi connectivity index (χ0n) is 24.3. The molecule has 11 nitrogen and oxygen atoms in total. The number of fused-ring (bicyclic) bond motifs is 1. The fourth-order valence-electron chi connectivity index (χ4n) is 4.39. The van der Waals surface area contributed by atoms with Gasteiger partial charge in [-0.15, -0.1) is 0 Å². The first-order chi connectivity index (χ1) is 20.6. The highest BCUT2D eigenvalue weighted by molar-refractivity contribution is 7.89. The second-order valence-corrected chi connectivity index (χ2v) is 12.3. The Morgan fingerprint density at radius 2 is 1.74 bits per heavy atom. The number of aliphatic imine (C=N–C) groups is 1. The van der Waals surface area contributed by atoms with E-state index in [1.54, 1.807) is 54.6 Å². The van der Waals surface area contributed by atoms with Gasteiger partial charge < -0.3 is 15.4 Å². The lowest BCUT2D eigenvalue weighted by molar-refractivity contribution is -0.146. The predicted octanol–water partition coefficient (Wildman–Crippen LogP) is 2.51. The molecule has 0 radical (unpaired) electrons. The summed E-state index contributed by atoms with van der Waals surface area (Å²) in [5, 5.41) is 9.68. The van der Waals surface area contributed by atoms with Crippen molar-refractivity contribution in [2.24, 2.45) is 10.9 Å². The molecule has 12 heteroatoms. The van der Waals surface area contributed by atoms with Gasteiger partial charge in [-0.1, -0.05) is 62.4 Å². The first-order valence-corrected chi connectivity index (χ1v) is 15.7. The largest absolute Gasteiger partial charge is 0.464 e. The summed E-state index contributed by atoms with van der Waals surface area (Å²) in [4.78, 5) is 42.3. The van der Waals surface area contributed by atoms with Crippen LogP contribution in [0.2, 0.25) is 0 Å². The van der Waals surface area contributed by atoms with Gasteiger partial charge >= 0.3 is 5.97 Å². The molecule has 0 saturated carbocycles. The molecule has 3 aromatic rings. The monoisotopic (exact) mass is 607 g/mol. The van der Waals surface area contributed by atoms with E-state index in [0.717, 1.165) is 23.9 Å². The second-order valence-electron chi connectivity index (χ2n) is 10.6. The van der Waals surface area contributed by atoms with E-state index in [1.165, 1.54) is 6.07 Å². The Morgan fingerprint density at radius 3 is 2.47 bits per heavy atom. The standard InChI is InChI=1S/C31H37N5O6S/c1-21(2)20-42-30(39)26(36-43(40,41)27-10-5-8-23-7-3-4-9-25(23)27)19-34-29(38)24-14-11-22(12-15-24)13-16-28(37)35-31-32-17-6-18-33-31/h3-5,7-12,14-15,21,26,36H,6,13,16-20H2,1-2H3,(H,34,38)(H2,32,33,35,37)/t26-/m0/s1. The number of rotatable bonds is 12. The van der Waals surface area contributed by atoms with Crippen LogP contribution in [0.4, 0.5) is 0 Å². The molecule has 0 aliphatic carbocycles. The van der Waals surface area contributed by atoms with Gasteiger partial charge in [-0.25, -0.2) is 8.42 Å². The minimum atomic E-state index is -4.16. The van der Waals surface area contributed by atoms with Crippen LogP contribution in [0.25, 0.3) is 10.8 Å². The van der Waals surface area contributed by atoms with Crippen molar-refractivity contribution in [1.29, 1.82) is 0 Å². The number of sulfonamides is 1. The van der Waals surface area contributed by atoms with Crippen LogP contribution in [0.5, 0.6) is 0 Å². The highest BCUT2D eigenvalue weighted by atomic mass is 32.2. The van der Waals surface area contributed by atoms with E-state index in [4.69, 9.17) is 4.74 Å². The number of nitrogens with zero attached hydrogens (tertiary/aromatic N) is 1. The number of hydrogen-bond acceptors (Lipinski definition) is 8. The van der Waals surface area contributed by atoms with Gasteiger partial charge in [0.25, 0.3) is 5.91 Å². The van der Waals surface area contributed by atoms with Gasteiger partial charge in [0.15, 0.2) is 5.96 Å². The highest BCUT2D eigenvalue weighted by Crippen LogP contribution is 2.23. The topological polar surface area (TPSA) is 155 Å². The summed E-state index contributed by atoms with van der Waals surface area (Å²) < 4.78 is 34.6. The number of carbonyl (C=O) groups is 3. The maximum atomic E-state index is 13.4. The molecule has 1 heterocycles. The zero-order valence-corrected chi connectivity index (χ0v) is 25.1. The lowest BCUT2D eigenvalue weighted by Gasteiger charge is -2.20. The number of ether oxygens (including phenoxy) is 1. The SMILES string of the molecule is CC(C)COC(=O)[C@H](CNC(=O)c1ccc(CCC(=O)NC2=NCCCN2)cc1)NS(=O)(=O)c1cccc2ccccc12. The van der Waals surface area contributed by atoms with Gasteiger partial charge in [-0.05, 0) is 47.9 Å². The fraction of sp³-hybridized carbons (Fsp3) is 0.355. The van der Waals surface area contributed by atoms with E-state index in [1.807, 2.05) is 19.9 Å². The summed E-state index contributed by atoms with van der Waals surface area (Å²) in [7, 11) is -4.16. The summed E-state index contributed by atoms with van der Waals surface area (Å²) in [5.74, 6) is -0.904. The lowest BCUT2D eigenvalue weighted by atomic mass is 10.1. The molecular weight excluding hydrogens is 570 g/mol. The van der Waals surface area contributed by atoms with Gasteiger partial charge in [0.2, 0.25) is 15.9 Å². The van der Waals surface area contributed by atoms with E-state index < -0.39 is 27.9 Å². The summed E-state index contributed by atoms with van der Waals surface area (Å²) >= 11 is 0. The molecule has 0 fully saturated rings. The second kappa shape index (κ2) is 14.7. The number of aryl methyl sites for hydroxylation is 1. The van der Waals surface area contributed by atoms with Crippen LogP contribution in [0, 0.1) is 5.92 Å². The maximum absolute atomic E-state index is 13.4. The van der Waals surface area contributed by atoms with E-state index >= 15 is 0 Å². The average molecular weight is 608 g/mol. The van der Waals surface area contributed by atoms with Crippen LogP contribution in [0.3, 0.4) is 0 Å². The van der Waals surface area contributed by atoms with E-state index in [0.29, 0.717) is 29.9 Å². The molecule has 2 amide bonds. The lowest BCUT2D eigenvalue weighted by Crippen LogP contribution is -2.49. The Hall–Kier alpha value is -4.29. The number of esters is 1. The van der Waals surface area contributed by atoms with Gasteiger partial charge in [-0.2, -0.15) is 4.72 Å². The third-order valence-electron chi connectivity index (χ3n) is 6.66. The molecule has 1 aliphatic heterocycles. The summed E-state index contributed by atoms with van der Waals surface area (Å²) in [6.07, 6.45) is 1.66. The van der Waals surface area contributed by atoms with Crippen LogP contribution in [0.15, 0.2) is 76.6 Å². The number of hydrogen-bond donors (Lipinski definition) is 4. The number of carbonyl (C=O) groups excluding carboxylic acids is 3. The van der Waals surface area contributed by atoms with Gasteiger partial charge in [0, 0.05) is 37.0 Å². The molecule has 4 rings (SSSR count). The quantitative estimate of drug-likeness (QED) is 0.231. The van der Waals surface area contributed by atoms with Crippen molar-refractivity contribution >= 4 is 44.5 Å². The number of guanidine groups is 1. The van der Waals surface area contributed by atoms with Crippen molar-refractivity contribution in [3.63, 3.8) is 0 Å². The van der Waals surface area contributed by atoms with Crippen molar-refractivity contribution in [3.05, 3.63) is 77.9 Å². The molecule has 43 heavy (non-hydrogen) atoms. The molecule has 4 N–H and O–H groups in total. The van der Waals surface area contributed by atoms with Crippen molar-refractivity contribution in [2.75, 3.05) is 26.2 Å². The van der Waals surface area contributed by atoms with Gasteiger partial charge in [0.1, 0.15) is 6.04 Å². The minimum absolute atomic E-state index is 0.0193. The third-order valence-corrected chi connectivity index (χ3v) is 8.19. The molecule has 0 saturated heterocycles. The van der Waals surface area contributed by atoms with Crippen molar-refractivity contribution in [3.8, 4) is 0 Å². The summed E-state index contributed by atoms with van der Waals surface area (Å²) in [5.41, 5.74) is 1.18. The molecule has 0 unspecified atom stereocenters. The summed E-state index contributed by atoms with van der Waals surface area (Å²) in [6.45, 7) is 4.97. The predicted molar refractivity (Wildman–Crippen MR) is 164 cm³/mol. The first-order valence-electron chi connectivity index (χ1n) is 14.2. The number of nitrogens with one attached hydrogen (secondary N) is 4. The molecule has 228 valence electrons. The van der Waals surface area contributed by atoms with Crippen LogP contribution in [-0.2, 0) is 30.8 Å². The van der Waals surface area contributed by atoms with Gasteiger partial charge in [0.05, 0.1) is 11.5 Å². The molecule has 0 bridgehead atoms. The number of amides is 2. The Bertz CT molecular complexity index is 1580. The number of benzene rings is 3. The Kier molecular flexibility index (Phi) is 10.8. The van der Waals surface area contributed by atoms with Crippen molar-refractivity contribution in [1.82, 2.24) is 20.7 Å². The van der Waals surface area contributed by atoms with Crippen LogP contribution < -0.4 is 20.7 Å². The normalized spacial score (nSPS) is 14.0. The maximum Gasteiger partial charge on any atom is 0.326 e. The van der Waals surface area contributed by atoms with Crippen LogP contribution >= 0.6 is 0 Å². The average Bonchev–Trinajstić information content (AvgIpc) is 3.01. The van der Waals surface area contributed by atoms with E-state index in [-0.39, 0.29) is 36.3 Å². The molecule has 0 spiro atoms. The Morgan fingerprint density at radius 1 is 1.00 bits per heavy atom. The van der Waals surface area contributed by atoms with Crippen LogP contribution in [-0.4, -0.2) is 64.4 Å².